The van der Waals surface area contributed by atoms with Crippen molar-refractivity contribution in [3.05, 3.63) is 29.3 Å². The molecule has 0 aliphatic heterocycles. The number of benzene rings is 1. The van der Waals surface area contributed by atoms with Crippen LogP contribution in [0, 0.1) is 12.8 Å². The van der Waals surface area contributed by atoms with Gasteiger partial charge in [0.2, 0.25) is 0 Å². The highest BCUT2D eigenvalue weighted by Gasteiger charge is 2.07. The Morgan fingerprint density at radius 2 is 2.00 bits per heavy atom. The number of aryl methyl sites for hydroxylation is 1. The van der Waals surface area contributed by atoms with Crippen molar-refractivity contribution in [2.45, 2.75) is 39.7 Å². The van der Waals surface area contributed by atoms with Crippen LogP contribution in [0.4, 0.5) is 0 Å². The van der Waals surface area contributed by atoms with Gasteiger partial charge in [0.15, 0.2) is 0 Å². The fourth-order valence-corrected chi connectivity index (χ4v) is 2.06. The summed E-state index contributed by atoms with van der Waals surface area (Å²) in [6, 6.07) is 6.55. The minimum absolute atomic E-state index is 0.257. The van der Waals surface area contributed by atoms with Crippen LogP contribution in [0.25, 0.3) is 0 Å². The lowest BCUT2D eigenvalue weighted by Crippen LogP contribution is -2.24. The Morgan fingerprint density at radius 1 is 1.31 bits per heavy atom. The maximum Gasteiger partial charge on any atom is 0.121 e. The molecule has 0 spiro atoms. The number of rotatable bonds is 5. The van der Waals surface area contributed by atoms with Crippen molar-refractivity contribution in [2.75, 3.05) is 7.11 Å². The van der Waals surface area contributed by atoms with Crippen molar-refractivity contribution in [1.29, 1.82) is 0 Å². The number of hydrogen-bond donors (Lipinski definition) is 1. The van der Waals surface area contributed by atoms with E-state index in [0.29, 0.717) is 5.92 Å². The van der Waals surface area contributed by atoms with Gasteiger partial charge in [-0.2, -0.15) is 0 Å². The van der Waals surface area contributed by atoms with E-state index >= 15 is 0 Å². The van der Waals surface area contributed by atoms with Gasteiger partial charge in [0.1, 0.15) is 5.75 Å². The van der Waals surface area contributed by atoms with Gasteiger partial charge >= 0.3 is 0 Å². The van der Waals surface area contributed by atoms with Crippen LogP contribution in [-0.4, -0.2) is 13.2 Å². The van der Waals surface area contributed by atoms with E-state index in [1.165, 1.54) is 11.1 Å². The Balaban J connectivity index is 2.64. The SMILES string of the molecule is COc1ccc(CC(N)CC(C)C)cc1C. The normalized spacial score (nSPS) is 12.9. The molecule has 1 aromatic rings. The molecule has 16 heavy (non-hydrogen) atoms. The van der Waals surface area contributed by atoms with Crippen molar-refractivity contribution in [3.63, 3.8) is 0 Å². The smallest absolute Gasteiger partial charge is 0.121 e. The zero-order chi connectivity index (χ0) is 12.1. The summed E-state index contributed by atoms with van der Waals surface area (Å²) in [7, 11) is 1.70. The highest BCUT2D eigenvalue weighted by molar-refractivity contribution is 5.36. The van der Waals surface area contributed by atoms with Crippen LogP contribution in [-0.2, 0) is 6.42 Å². The van der Waals surface area contributed by atoms with Crippen LogP contribution in [0.2, 0.25) is 0 Å². The highest BCUT2D eigenvalue weighted by atomic mass is 16.5. The van der Waals surface area contributed by atoms with Gasteiger partial charge in [-0.05, 0) is 42.9 Å². The zero-order valence-electron chi connectivity index (χ0n) is 10.8. The van der Waals surface area contributed by atoms with Crippen LogP contribution < -0.4 is 10.5 Å². The molecule has 0 amide bonds. The topological polar surface area (TPSA) is 35.2 Å². The second-order valence-electron chi connectivity index (χ2n) is 4.90. The van der Waals surface area contributed by atoms with Gasteiger partial charge in [0.05, 0.1) is 7.11 Å². The van der Waals surface area contributed by atoms with Gasteiger partial charge in [-0.15, -0.1) is 0 Å². The first kappa shape index (κ1) is 13.0. The molecule has 0 bridgehead atoms. The third-order valence-electron chi connectivity index (χ3n) is 2.73. The standard InChI is InChI=1S/C14H23NO/c1-10(2)7-13(15)9-12-5-6-14(16-4)11(3)8-12/h5-6,8,10,13H,7,9,15H2,1-4H3. The quantitative estimate of drug-likeness (QED) is 0.829. The van der Waals surface area contributed by atoms with E-state index < -0.39 is 0 Å². The van der Waals surface area contributed by atoms with Crippen molar-refractivity contribution in [2.24, 2.45) is 11.7 Å². The molecule has 1 aromatic carbocycles. The minimum Gasteiger partial charge on any atom is -0.496 e. The van der Waals surface area contributed by atoms with Gasteiger partial charge in [-0.25, -0.2) is 0 Å². The lowest BCUT2D eigenvalue weighted by atomic mass is 9.97. The predicted octanol–water partition coefficient (Wildman–Crippen LogP) is 2.92. The molecule has 0 aliphatic carbocycles. The molecule has 0 radical (unpaired) electrons. The predicted molar refractivity (Wildman–Crippen MR) is 68.9 cm³/mol. The molecule has 0 aliphatic rings. The zero-order valence-corrected chi connectivity index (χ0v) is 10.8. The van der Waals surface area contributed by atoms with Crippen LogP contribution in [0.1, 0.15) is 31.4 Å². The summed E-state index contributed by atoms with van der Waals surface area (Å²) in [4.78, 5) is 0. The first-order valence-electron chi connectivity index (χ1n) is 5.92. The third-order valence-corrected chi connectivity index (χ3v) is 2.73. The average Bonchev–Trinajstić information content (AvgIpc) is 2.16. The van der Waals surface area contributed by atoms with Crippen molar-refractivity contribution < 1.29 is 4.74 Å². The Labute approximate surface area is 98.8 Å². The van der Waals surface area contributed by atoms with Crippen LogP contribution >= 0.6 is 0 Å². The van der Waals surface area contributed by atoms with E-state index in [0.717, 1.165) is 18.6 Å². The van der Waals surface area contributed by atoms with Gasteiger partial charge < -0.3 is 10.5 Å². The molecular formula is C14H23NO. The fourth-order valence-electron chi connectivity index (χ4n) is 2.06. The van der Waals surface area contributed by atoms with Gasteiger partial charge in [-0.1, -0.05) is 26.0 Å². The third kappa shape index (κ3) is 3.86. The van der Waals surface area contributed by atoms with Gasteiger partial charge in [0, 0.05) is 6.04 Å². The molecule has 90 valence electrons. The summed E-state index contributed by atoms with van der Waals surface area (Å²) in [5.74, 6) is 1.61. The Morgan fingerprint density at radius 3 is 2.50 bits per heavy atom. The molecule has 1 unspecified atom stereocenters. The maximum absolute atomic E-state index is 6.10. The van der Waals surface area contributed by atoms with Gasteiger partial charge in [0.25, 0.3) is 0 Å². The van der Waals surface area contributed by atoms with E-state index in [-0.39, 0.29) is 6.04 Å². The molecule has 0 aromatic heterocycles. The summed E-state index contributed by atoms with van der Waals surface area (Å²) in [6.07, 6.45) is 2.02. The van der Waals surface area contributed by atoms with Gasteiger partial charge in [-0.3, -0.25) is 0 Å². The Hall–Kier alpha value is -1.02. The van der Waals surface area contributed by atoms with E-state index in [2.05, 4.69) is 32.9 Å². The minimum atomic E-state index is 0.257. The maximum atomic E-state index is 6.10. The molecule has 1 rings (SSSR count). The van der Waals surface area contributed by atoms with E-state index in [1.54, 1.807) is 7.11 Å². The average molecular weight is 221 g/mol. The number of hydrogen-bond acceptors (Lipinski definition) is 2. The summed E-state index contributed by atoms with van der Waals surface area (Å²) in [6.45, 7) is 6.48. The monoisotopic (exact) mass is 221 g/mol. The van der Waals surface area contributed by atoms with E-state index in [9.17, 15) is 0 Å². The molecule has 2 nitrogen and oxygen atoms in total. The Kier molecular flexibility index (Phi) is 4.81. The van der Waals surface area contributed by atoms with Crippen LogP contribution in [0.5, 0.6) is 5.75 Å². The number of methoxy groups -OCH3 is 1. The van der Waals surface area contributed by atoms with Crippen molar-refractivity contribution in [3.8, 4) is 5.75 Å². The summed E-state index contributed by atoms with van der Waals surface area (Å²) in [5.41, 5.74) is 8.57. The molecule has 1 atom stereocenters. The molecule has 0 saturated carbocycles. The van der Waals surface area contributed by atoms with Crippen LogP contribution in [0.3, 0.4) is 0 Å². The van der Waals surface area contributed by atoms with Crippen LogP contribution in [0.15, 0.2) is 18.2 Å². The lowest BCUT2D eigenvalue weighted by molar-refractivity contribution is 0.411. The molecule has 2 N–H and O–H groups in total. The number of ether oxygens (including phenoxy) is 1. The van der Waals surface area contributed by atoms with Crippen molar-refractivity contribution in [1.82, 2.24) is 0 Å². The highest BCUT2D eigenvalue weighted by Crippen LogP contribution is 2.19. The second-order valence-corrected chi connectivity index (χ2v) is 4.90. The summed E-state index contributed by atoms with van der Waals surface area (Å²) < 4.78 is 5.24. The molecule has 0 saturated heterocycles. The Bertz CT molecular complexity index is 334. The molecule has 2 heteroatoms. The van der Waals surface area contributed by atoms with E-state index in [1.807, 2.05) is 6.07 Å². The fraction of sp³-hybridized carbons (Fsp3) is 0.571. The summed E-state index contributed by atoms with van der Waals surface area (Å²) in [5, 5.41) is 0. The largest absolute Gasteiger partial charge is 0.496 e. The first-order valence-corrected chi connectivity index (χ1v) is 5.92. The lowest BCUT2D eigenvalue weighted by Gasteiger charge is -2.15. The van der Waals surface area contributed by atoms with E-state index in [4.69, 9.17) is 10.5 Å². The second kappa shape index (κ2) is 5.90. The molecule has 0 fully saturated rings. The summed E-state index contributed by atoms with van der Waals surface area (Å²) >= 11 is 0. The first-order chi connectivity index (χ1) is 7.52. The molecular weight excluding hydrogens is 198 g/mol. The number of nitrogens with two attached hydrogens (primary N) is 1. The molecule has 0 heterocycles. The van der Waals surface area contributed by atoms with Crippen molar-refractivity contribution >= 4 is 0 Å².